The Kier molecular flexibility index (Phi) is 6.69. The number of carbonyl (C=O) groups is 2. The van der Waals surface area contributed by atoms with Crippen LogP contribution in [0.3, 0.4) is 0 Å². The molecular formula is C28H30N2O5. The maximum absolute atomic E-state index is 13.3. The van der Waals surface area contributed by atoms with Gasteiger partial charge in [0.05, 0.1) is 12.2 Å². The number of aryl methyl sites for hydroxylation is 2. The molecule has 2 aromatic carbocycles. The van der Waals surface area contributed by atoms with Crippen LogP contribution in [0.25, 0.3) is 5.76 Å². The fourth-order valence-electron chi connectivity index (χ4n) is 4.21. The highest BCUT2D eigenvalue weighted by molar-refractivity contribution is 6.51. The minimum atomic E-state index is -0.898. The fraction of sp³-hybridized carbons (Fsp3) is 0.286. The van der Waals surface area contributed by atoms with Crippen molar-refractivity contribution < 1.29 is 23.8 Å². The SMILES string of the molecule is CCCOc1ccc(/C(O)=C2/C(=O)C(=O)N(c3ccc(N(C)C)cc3)C2c2ccc(C)o2)cc1C. The molecule has 1 aromatic heterocycles. The van der Waals surface area contributed by atoms with E-state index < -0.39 is 17.7 Å². The molecular weight excluding hydrogens is 444 g/mol. The minimum absolute atomic E-state index is 0.0114. The van der Waals surface area contributed by atoms with Crippen LogP contribution in [-0.2, 0) is 9.59 Å². The van der Waals surface area contributed by atoms with Crippen molar-refractivity contribution in [2.24, 2.45) is 0 Å². The number of rotatable bonds is 7. The summed E-state index contributed by atoms with van der Waals surface area (Å²) in [6, 6.07) is 15.1. The molecule has 1 aliphatic rings. The molecule has 1 unspecified atom stereocenters. The molecule has 0 spiro atoms. The number of furan rings is 1. The third-order valence-corrected chi connectivity index (χ3v) is 6.03. The molecule has 0 bridgehead atoms. The highest BCUT2D eigenvalue weighted by Gasteiger charge is 2.48. The smallest absolute Gasteiger partial charge is 0.300 e. The van der Waals surface area contributed by atoms with Crippen LogP contribution in [0.4, 0.5) is 11.4 Å². The first-order chi connectivity index (χ1) is 16.7. The molecule has 0 radical (unpaired) electrons. The summed E-state index contributed by atoms with van der Waals surface area (Å²) in [6.07, 6.45) is 0.878. The van der Waals surface area contributed by atoms with Crippen LogP contribution in [0.15, 0.2) is 64.6 Å². The van der Waals surface area contributed by atoms with E-state index in [1.807, 2.05) is 45.0 Å². The van der Waals surface area contributed by atoms with E-state index in [4.69, 9.17) is 9.15 Å². The van der Waals surface area contributed by atoms with Crippen LogP contribution in [-0.4, -0.2) is 37.5 Å². The average Bonchev–Trinajstić information content (AvgIpc) is 3.38. The molecule has 4 rings (SSSR count). The maximum atomic E-state index is 13.3. The molecule has 1 atom stereocenters. The summed E-state index contributed by atoms with van der Waals surface area (Å²) in [5.41, 5.74) is 2.73. The molecule has 7 nitrogen and oxygen atoms in total. The summed E-state index contributed by atoms with van der Waals surface area (Å²) in [7, 11) is 3.85. The molecule has 2 heterocycles. The van der Waals surface area contributed by atoms with Crippen LogP contribution in [0.2, 0.25) is 0 Å². The number of benzene rings is 2. The summed E-state index contributed by atoms with van der Waals surface area (Å²) < 4.78 is 11.6. The Morgan fingerprint density at radius 3 is 2.34 bits per heavy atom. The number of carbonyl (C=O) groups excluding carboxylic acids is 2. The average molecular weight is 475 g/mol. The van der Waals surface area contributed by atoms with E-state index in [1.54, 1.807) is 49.4 Å². The van der Waals surface area contributed by atoms with Crippen molar-refractivity contribution in [3.63, 3.8) is 0 Å². The third-order valence-electron chi connectivity index (χ3n) is 6.03. The molecule has 182 valence electrons. The standard InChI is InChI=1S/C28H30N2O5/c1-6-15-34-22-14-8-19(16-17(22)2)26(31)24-25(23-13-7-18(3)35-23)30(28(33)27(24)32)21-11-9-20(10-12-21)29(4)5/h7-14,16,25,31H,6,15H2,1-5H3/b26-24-. The second-order valence-electron chi connectivity index (χ2n) is 8.86. The van der Waals surface area contributed by atoms with Crippen molar-refractivity contribution in [3.8, 4) is 5.75 Å². The zero-order chi connectivity index (χ0) is 25.3. The van der Waals surface area contributed by atoms with Gasteiger partial charge in [-0.25, -0.2) is 0 Å². The first-order valence-corrected chi connectivity index (χ1v) is 11.6. The summed E-state index contributed by atoms with van der Waals surface area (Å²) in [5, 5.41) is 11.3. The van der Waals surface area contributed by atoms with E-state index in [0.717, 1.165) is 17.7 Å². The van der Waals surface area contributed by atoms with E-state index in [1.165, 1.54) is 4.90 Å². The molecule has 1 fully saturated rings. The van der Waals surface area contributed by atoms with E-state index in [9.17, 15) is 14.7 Å². The molecule has 1 aliphatic heterocycles. The highest BCUT2D eigenvalue weighted by Crippen LogP contribution is 2.43. The first-order valence-electron chi connectivity index (χ1n) is 11.6. The minimum Gasteiger partial charge on any atom is -0.507 e. The number of ether oxygens (including phenoxy) is 1. The summed E-state index contributed by atoms with van der Waals surface area (Å²) in [5.74, 6) is 0.0226. The lowest BCUT2D eigenvalue weighted by Crippen LogP contribution is -2.29. The zero-order valence-corrected chi connectivity index (χ0v) is 20.7. The number of anilines is 2. The number of Topliss-reactive ketones (excluding diaryl/α,β-unsaturated/α-hetero) is 1. The van der Waals surface area contributed by atoms with Crippen molar-refractivity contribution in [2.45, 2.75) is 33.2 Å². The number of hydrogen-bond acceptors (Lipinski definition) is 6. The van der Waals surface area contributed by atoms with Gasteiger partial charge in [-0.1, -0.05) is 6.92 Å². The largest absolute Gasteiger partial charge is 0.507 e. The summed E-state index contributed by atoms with van der Waals surface area (Å²) in [4.78, 5) is 29.9. The van der Waals surface area contributed by atoms with Crippen molar-refractivity contribution in [2.75, 3.05) is 30.5 Å². The maximum Gasteiger partial charge on any atom is 0.300 e. The van der Waals surface area contributed by atoms with Gasteiger partial charge in [-0.05, 0) is 80.4 Å². The van der Waals surface area contributed by atoms with Gasteiger partial charge in [0, 0.05) is 31.0 Å². The Morgan fingerprint density at radius 2 is 1.77 bits per heavy atom. The van der Waals surface area contributed by atoms with Crippen molar-refractivity contribution in [1.82, 2.24) is 0 Å². The van der Waals surface area contributed by atoms with E-state index in [0.29, 0.717) is 35.1 Å². The molecule has 35 heavy (non-hydrogen) atoms. The topological polar surface area (TPSA) is 83.2 Å². The predicted molar refractivity (Wildman–Crippen MR) is 136 cm³/mol. The van der Waals surface area contributed by atoms with Gasteiger partial charge in [-0.2, -0.15) is 0 Å². The normalized spacial score (nSPS) is 17.2. The number of ketones is 1. The van der Waals surface area contributed by atoms with E-state index in [-0.39, 0.29) is 11.3 Å². The van der Waals surface area contributed by atoms with Crippen LogP contribution in [0.1, 0.15) is 42.0 Å². The third kappa shape index (κ3) is 4.54. The summed E-state index contributed by atoms with van der Waals surface area (Å²) in [6.45, 7) is 6.28. The van der Waals surface area contributed by atoms with Gasteiger partial charge in [-0.3, -0.25) is 14.5 Å². The lowest BCUT2D eigenvalue weighted by molar-refractivity contribution is -0.132. The van der Waals surface area contributed by atoms with Gasteiger partial charge in [0.15, 0.2) is 0 Å². The number of aliphatic hydroxyl groups is 1. The molecule has 1 saturated heterocycles. The van der Waals surface area contributed by atoms with Crippen molar-refractivity contribution >= 4 is 28.8 Å². The predicted octanol–water partition coefficient (Wildman–Crippen LogP) is 5.38. The first kappa shape index (κ1) is 24.1. The number of amides is 1. The van der Waals surface area contributed by atoms with E-state index >= 15 is 0 Å². The van der Waals surface area contributed by atoms with Gasteiger partial charge in [0.2, 0.25) is 0 Å². The number of aliphatic hydroxyl groups excluding tert-OH is 1. The van der Waals surface area contributed by atoms with Crippen LogP contribution < -0.4 is 14.5 Å². The Labute approximate surface area is 205 Å². The van der Waals surface area contributed by atoms with Crippen molar-refractivity contribution in [3.05, 3.63) is 82.8 Å². The van der Waals surface area contributed by atoms with Gasteiger partial charge in [-0.15, -0.1) is 0 Å². The zero-order valence-electron chi connectivity index (χ0n) is 20.7. The molecule has 1 amide bonds. The molecule has 0 saturated carbocycles. The number of nitrogens with zero attached hydrogens (tertiary/aromatic N) is 2. The van der Waals surface area contributed by atoms with Crippen LogP contribution >= 0.6 is 0 Å². The molecule has 0 aliphatic carbocycles. The quantitative estimate of drug-likeness (QED) is 0.281. The number of hydrogen-bond donors (Lipinski definition) is 1. The Balaban J connectivity index is 1.83. The Morgan fingerprint density at radius 1 is 1.06 bits per heavy atom. The van der Waals surface area contributed by atoms with E-state index in [2.05, 4.69) is 0 Å². The van der Waals surface area contributed by atoms with Crippen LogP contribution in [0.5, 0.6) is 5.75 Å². The van der Waals surface area contributed by atoms with Gasteiger partial charge >= 0.3 is 0 Å². The Bertz CT molecular complexity index is 1290. The molecule has 7 heteroatoms. The van der Waals surface area contributed by atoms with Gasteiger partial charge in [0.25, 0.3) is 11.7 Å². The van der Waals surface area contributed by atoms with Crippen molar-refractivity contribution in [1.29, 1.82) is 0 Å². The monoisotopic (exact) mass is 474 g/mol. The Hall–Kier alpha value is -4.00. The second kappa shape index (κ2) is 9.70. The molecule has 1 N–H and O–H groups in total. The van der Waals surface area contributed by atoms with Gasteiger partial charge < -0.3 is 19.2 Å². The van der Waals surface area contributed by atoms with Gasteiger partial charge in [0.1, 0.15) is 29.1 Å². The highest BCUT2D eigenvalue weighted by atomic mass is 16.5. The second-order valence-corrected chi connectivity index (χ2v) is 8.86. The summed E-state index contributed by atoms with van der Waals surface area (Å²) >= 11 is 0. The lowest BCUT2D eigenvalue weighted by atomic mass is 9.98. The molecule has 3 aromatic rings. The lowest BCUT2D eigenvalue weighted by Gasteiger charge is -2.24. The fourth-order valence-corrected chi connectivity index (χ4v) is 4.21. The van der Waals surface area contributed by atoms with Crippen LogP contribution in [0, 0.1) is 13.8 Å².